The Morgan fingerprint density at radius 2 is 1.96 bits per heavy atom. The molecule has 0 saturated heterocycles. The van der Waals surface area contributed by atoms with Crippen LogP contribution in [0.1, 0.15) is 21.5 Å². The number of aryl methyl sites for hydroxylation is 1. The molecule has 0 radical (unpaired) electrons. The molecule has 0 fully saturated rings. The zero-order chi connectivity index (χ0) is 17.9. The maximum atomic E-state index is 12.3. The first kappa shape index (κ1) is 17.8. The molecule has 0 bridgehead atoms. The number of carbonyl (C=O) groups excluding carboxylic acids is 1. The first-order valence-electron chi connectivity index (χ1n) is 6.92. The number of nitrogens with one attached hydrogen (secondary N) is 2. The Hall–Kier alpha value is -2.51. The van der Waals surface area contributed by atoms with E-state index in [2.05, 4.69) is 10.6 Å². The lowest BCUT2D eigenvalue weighted by Crippen LogP contribution is -2.34. The fourth-order valence-electron chi connectivity index (χ4n) is 2.07. The maximum absolute atomic E-state index is 12.3. The second kappa shape index (κ2) is 7.37. The molecule has 24 heavy (non-hydrogen) atoms. The number of rotatable bonds is 3. The van der Waals surface area contributed by atoms with Crippen LogP contribution in [0, 0.1) is 24.0 Å². The van der Waals surface area contributed by atoms with E-state index in [1.165, 1.54) is 25.1 Å². The Bertz CT molecular complexity index is 839. The van der Waals surface area contributed by atoms with E-state index >= 15 is 0 Å². The lowest BCUT2D eigenvalue weighted by atomic mass is 10.1. The van der Waals surface area contributed by atoms with Crippen LogP contribution in [0.15, 0.2) is 36.4 Å². The SMILES string of the molecule is Cc1ccc(NC(=S)NC(=O)c2cccc([N+](=O)[O-])c2C)cc1Cl. The molecule has 1 amide bonds. The summed E-state index contributed by atoms with van der Waals surface area (Å²) in [6.07, 6.45) is 0. The van der Waals surface area contributed by atoms with Crippen LogP contribution in [-0.2, 0) is 0 Å². The fourth-order valence-corrected chi connectivity index (χ4v) is 2.46. The molecule has 0 aliphatic carbocycles. The molecule has 2 N–H and O–H groups in total. The van der Waals surface area contributed by atoms with Crippen LogP contribution in [0.5, 0.6) is 0 Å². The van der Waals surface area contributed by atoms with Gasteiger partial charge in [-0.2, -0.15) is 0 Å². The van der Waals surface area contributed by atoms with Crippen molar-refractivity contribution in [1.29, 1.82) is 0 Å². The summed E-state index contributed by atoms with van der Waals surface area (Å²) in [7, 11) is 0. The van der Waals surface area contributed by atoms with E-state index in [0.717, 1.165) is 5.56 Å². The third-order valence-electron chi connectivity index (χ3n) is 3.40. The van der Waals surface area contributed by atoms with Gasteiger partial charge in [0, 0.05) is 27.9 Å². The lowest BCUT2D eigenvalue weighted by molar-refractivity contribution is -0.385. The number of anilines is 1. The topological polar surface area (TPSA) is 84.3 Å². The zero-order valence-corrected chi connectivity index (χ0v) is 14.5. The molecule has 0 aliphatic rings. The summed E-state index contributed by atoms with van der Waals surface area (Å²) < 4.78 is 0. The van der Waals surface area contributed by atoms with E-state index in [9.17, 15) is 14.9 Å². The third-order valence-corrected chi connectivity index (χ3v) is 4.01. The van der Waals surface area contributed by atoms with Crippen molar-refractivity contribution in [2.75, 3.05) is 5.32 Å². The molecule has 2 aromatic carbocycles. The van der Waals surface area contributed by atoms with Gasteiger partial charge >= 0.3 is 0 Å². The molecule has 8 heteroatoms. The van der Waals surface area contributed by atoms with E-state index in [1.807, 2.05) is 13.0 Å². The smallest absolute Gasteiger partial charge is 0.273 e. The van der Waals surface area contributed by atoms with Gasteiger partial charge in [-0.05, 0) is 49.8 Å². The van der Waals surface area contributed by atoms with Crippen molar-refractivity contribution in [2.45, 2.75) is 13.8 Å². The average molecular weight is 364 g/mol. The van der Waals surface area contributed by atoms with Crippen molar-refractivity contribution < 1.29 is 9.72 Å². The second-order valence-electron chi connectivity index (χ2n) is 5.08. The van der Waals surface area contributed by atoms with Crippen LogP contribution in [0.3, 0.4) is 0 Å². The highest BCUT2D eigenvalue weighted by Crippen LogP contribution is 2.22. The van der Waals surface area contributed by atoms with Crippen LogP contribution in [0.4, 0.5) is 11.4 Å². The molecule has 124 valence electrons. The van der Waals surface area contributed by atoms with Gasteiger partial charge in [-0.15, -0.1) is 0 Å². The number of hydrogen-bond acceptors (Lipinski definition) is 4. The molecule has 2 aromatic rings. The van der Waals surface area contributed by atoms with Gasteiger partial charge < -0.3 is 5.32 Å². The number of carbonyl (C=O) groups is 1. The van der Waals surface area contributed by atoms with Crippen molar-refractivity contribution in [3.8, 4) is 0 Å². The zero-order valence-electron chi connectivity index (χ0n) is 12.9. The molecular weight excluding hydrogens is 350 g/mol. The van der Waals surface area contributed by atoms with Gasteiger partial charge in [0.2, 0.25) is 0 Å². The Balaban J connectivity index is 2.12. The molecule has 6 nitrogen and oxygen atoms in total. The Labute approximate surface area is 149 Å². The number of benzene rings is 2. The van der Waals surface area contributed by atoms with Crippen LogP contribution in [0.25, 0.3) is 0 Å². The first-order chi connectivity index (χ1) is 11.3. The summed E-state index contributed by atoms with van der Waals surface area (Å²) >= 11 is 11.1. The number of hydrogen-bond donors (Lipinski definition) is 2. The van der Waals surface area contributed by atoms with Crippen molar-refractivity contribution in [2.24, 2.45) is 0 Å². The number of nitro groups is 1. The van der Waals surface area contributed by atoms with Gasteiger partial charge in [-0.25, -0.2) is 0 Å². The summed E-state index contributed by atoms with van der Waals surface area (Å²) in [5, 5.41) is 16.9. The lowest BCUT2D eigenvalue weighted by Gasteiger charge is -2.11. The van der Waals surface area contributed by atoms with Crippen molar-refractivity contribution in [3.05, 3.63) is 68.2 Å². The van der Waals surface area contributed by atoms with E-state index < -0.39 is 10.8 Å². The quantitative estimate of drug-likeness (QED) is 0.489. The second-order valence-corrected chi connectivity index (χ2v) is 5.89. The van der Waals surface area contributed by atoms with Crippen molar-refractivity contribution in [1.82, 2.24) is 5.32 Å². The summed E-state index contributed by atoms with van der Waals surface area (Å²) in [5.41, 5.74) is 1.90. The van der Waals surface area contributed by atoms with Crippen LogP contribution in [0.2, 0.25) is 5.02 Å². The van der Waals surface area contributed by atoms with Crippen LogP contribution < -0.4 is 10.6 Å². The predicted molar refractivity (Wildman–Crippen MR) is 97.7 cm³/mol. The number of halogens is 1. The minimum atomic E-state index is -0.531. The number of nitro benzene ring substituents is 1. The van der Waals surface area contributed by atoms with Crippen molar-refractivity contribution >= 4 is 46.2 Å². The molecule has 0 aromatic heterocycles. The molecule has 0 unspecified atom stereocenters. The summed E-state index contributed by atoms with van der Waals surface area (Å²) in [6.45, 7) is 3.39. The number of amides is 1. The van der Waals surface area contributed by atoms with Crippen LogP contribution in [-0.4, -0.2) is 15.9 Å². The number of thiocarbonyl (C=S) groups is 1. The first-order valence-corrected chi connectivity index (χ1v) is 7.70. The molecule has 0 heterocycles. The minimum Gasteiger partial charge on any atom is -0.332 e. The third kappa shape index (κ3) is 4.06. The van der Waals surface area contributed by atoms with Crippen molar-refractivity contribution in [3.63, 3.8) is 0 Å². The highest BCUT2D eigenvalue weighted by molar-refractivity contribution is 7.80. The Morgan fingerprint density at radius 3 is 2.58 bits per heavy atom. The van der Waals surface area contributed by atoms with Crippen LogP contribution >= 0.6 is 23.8 Å². The van der Waals surface area contributed by atoms with E-state index in [0.29, 0.717) is 10.7 Å². The van der Waals surface area contributed by atoms with E-state index in [1.54, 1.807) is 12.1 Å². The highest BCUT2D eigenvalue weighted by Gasteiger charge is 2.18. The van der Waals surface area contributed by atoms with Gasteiger partial charge in [-0.1, -0.05) is 23.7 Å². The van der Waals surface area contributed by atoms with Gasteiger partial charge in [0.1, 0.15) is 0 Å². The minimum absolute atomic E-state index is 0.0748. The molecule has 2 rings (SSSR count). The fraction of sp³-hybridized carbons (Fsp3) is 0.125. The average Bonchev–Trinajstić information content (AvgIpc) is 2.50. The van der Waals surface area contributed by atoms with Gasteiger partial charge in [-0.3, -0.25) is 20.2 Å². The highest BCUT2D eigenvalue weighted by atomic mass is 35.5. The molecule has 0 spiro atoms. The molecule has 0 aliphatic heterocycles. The Morgan fingerprint density at radius 1 is 1.25 bits per heavy atom. The standard InChI is InChI=1S/C16H14ClN3O3S/c1-9-6-7-11(8-13(9)17)18-16(24)19-15(21)12-4-3-5-14(10(12)2)20(22)23/h3-8H,1-2H3,(H2,18,19,21,24). The molecule has 0 atom stereocenters. The van der Waals surface area contributed by atoms with Gasteiger partial charge in [0.05, 0.1) is 4.92 Å². The van der Waals surface area contributed by atoms with Gasteiger partial charge in [0.15, 0.2) is 5.11 Å². The van der Waals surface area contributed by atoms with E-state index in [4.69, 9.17) is 23.8 Å². The summed E-state index contributed by atoms with van der Waals surface area (Å²) in [5.74, 6) is -0.521. The maximum Gasteiger partial charge on any atom is 0.273 e. The molecular formula is C16H14ClN3O3S. The normalized spacial score (nSPS) is 10.1. The number of nitrogens with zero attached hydrogens (tertiary/aromatic N) is 1. The predicted octanol–water partition coefficient (Wildman–Crippen LogP) is 3.99. The molecule has 0 saturated carbocycles. The van der Waals surface area contributed by atoms with Gasteiger partial charge in [0.25, 0.3) is 11.6 Å². The monoisotopic (exact) mass is 363 g/mol. The van der Waals surface area contributed by atoms with E-state index in [-0.39, 0.29) is 21.9 Å². The Kier molecular flexibility index (Phi) is 5.48. The summed E-state index contributed by atoms with van der Waals surface area (Å²) in [6, 6.07) is 9.59. The largest absolute Gasteiger partial charge is 0.332 e. The summed E-state index contributed by atoms with van der Waals surface area (Å²) in [4.78, 5) is 22.7.